The Morgan fingerprint density at radius 1 is 1.39 bits per heavy atom. The van der Waals surface area contributed by atoms with Gasteiger partial charge in [-0.05, 0) is 63.7 Å². The summed E-state index contributed by atoms with van der Waals surface area (Å²) >= 11 is 0. The standard InChI is InChI=1S/C15H22N2O/c1-17(2)10-4-6-15(18)13-7-8-14-12(11-13)5-3-9-16-14/h7-8,11,16H,3-6,9-10H2,1-2H3. The molecule has 1 N–H and O–H groups in total. The number of carbonyl (C=O) groups is 1. The molecule has 3 heteroatoms. The molecule has 1 aromatic carbocycles. The maximum absolute atomic E-state index is 12.1. The van der Waals surface area contributed by atoms with Crippen LogP contribution in [-0.2, 0) is 6.42 Å². The number of aryl methyl sites for hydroxylation is 1. The van der Waals surface area contributed by atoms with Crippen LogP contribution in [0.5, 0.6) is 0 Å². The van der Waals surface area contributed by atoms with E-state index in [1.807, 2.05) is 26.2 Å². The zero-order valence-electron chi connectivity index (χ0n) is 11.3. The normalized spacial score (nSPS) is 14.2. The Bertz CT molecular complexity index is 427. The lowest BCUT2D eigenvalue weighted by atomic mass is 9.98. The molecule has 0 aromatic heterocycles. The highest BCUT2D eigenvalue weighted by atomic mass is 16.1. The minimum atomic E-state index is 0.269. The Balaban J connectivity index is 1.98. The summed E-state index contributed by atoms with van der Waals surface area (Å²) in [4.78, 5) is 14.2. The molecular formula is C15H22N2O. The summed E-state index contributed by atoms with van der Waals surface area (Å²) in [6, 6.07) is 6.07. The zero-order valence-corrected chi connectivity index (χ0v) is 11.3. The topological polar surface area (TPSA) is 32.3 Å². The first-order valence-corrected chi connectivity index (χ1v) is 6.71. The van der Waals surface area contributed by atoms with Crippen LogP contribution >= 0.6 is 0 Å². The van der Waals surface area contributed by atoms with Gasteiger partial charge in [0.25, 0.3) is 0 Å². The van der Waals surface area contributed by atoms with Crippen molar-refractivity contribution < 1.29 is 4.79 Å². The van der Waals surface area contributed by atoms with E-state index in [-0.39, 0.29) is 5.78 Å². The summed E-state index contributed by atoms with van der Waals surface area (Å²) in [6.07, 6.45) is 3.82. The summed E-state index contributed by atoms with van der Waals surface area (Å²) in [6.45, 7) is 2.02. The van der Waals surface area contributed by atoms with Gasteiger partial charge in [-0.15, -0.1) is 0 Å². The van der Waals surface area contributed by atoms with Crippen molar-refractivity contribution >= 4 is 11.5 Å². The molecule has 18 heavy (non-hydrogen) atoms. The van der Waals surface area contributed by atoms with Gasteiger partial charge in [0.2, 0.25) is 0 Å². The van der Waals surface area contributed by atoms with E-state index in [1.165, 1.54) is 11.3 Å². The molecule has 0 saturated carbocycles. The molecule has 0 fully saturated rings. The molecule has 0 spiro atoms. The van der Waals surface area contributed by atoms with Gasteiger partial charge in [0.1, 0.15) is 0 Å². The van der Waals surface area contributed by atoms with Crippen molar-refractivity contribution in [2.24, 2.45) is 0 Å². The first kappa shape index (κ1) is 13.1. The summed E-state index contributed by atoms with van der Waals surface area (Å²) in [5.41, 5.74) is 3.36. The lowest BCUT2D eigenvalue weighted by Gasteiger charge is -2.18. The van der Waals surface area contributed by atoms with E-state index < -0.39 is 0 Å². The Morgan fingerprint density at radius 3 is 3.00 bits per heavy atom. The van der Waals surface area contributed by atoms with Gasteiger partial charge in [-0.3, -0.25) is 4.79 Å². The Kier molecular flexibility index (Phi) is 4.37. The SMILES string of the molecule is CN(C)CCCC(=O)c1ccc2c(c1)CCCN2. The van der Waals surface area contributed by atoms with Crippen molar-refractivity contribution in [2.75, 3.05) is 32.5 Å². The van der Waals surface area contributed by atoms with Crippen LogP contribution in [0, 0.1) is 0 Å². The fraction of sp³-hybridized carbons (Fsp3) is 0.533. The number of benzene rings is 1. The van der Waals surface area contributed by atoms with E-state index in [0.29, 0.717) is 6.42 Å². The minimum absolute atomic E-state index is 0.269. The fourth-order valence-electron chi connectivity index (χ4n) is 2.35. The average Bonchev–Trinajstić information content (AvgIpc) is 2.37. The van der Waals surface area contributed by atoms with E-state index in [4.69, 9.17) is 0 Å². The number of hydrogen-bond donors (Lipinski definition) is 1. The smallest absolute Gasteiger partial charge is 0.162 e. The number of carbonyl (C=O) groups excluding carboxylic acids is 1. The average molecular weight is 246 g/mol. The lowest BCUT2D eigenvalue weighted by Crippen LogP contribution is -2.15. The second kappa shape index (κ2) is 6.01. The molecule has 0 bridgehead atoms. The van der Waals surface area contributed by atoms with Gasteiger partial charge >= 0.3 is 0 Å². The van der Waals surface area contributed by atoms with Crippen molar-refractivity contribution in [2.45, 2.75) is 25.7 Å². The third-order valence-electron chi connectivity index (χ3n) is 3.37. The highest BCUT2D eigenvalue weighted by Crippen LogP contribution is 2.23. The molecule has 1 aromatic rings. The molecule has 1 aliphatic rings. The second-order valence-corrected chi connectivity index (χ2v) is 5.23. The third kappa shape index (κ3) is 3.33. The molecule has 1 aliphatic heterocycles. The zero-order chi connectivity index (χ0) is 13.0. The van der Waals surface area contributed by atoms with Crippen LogP contribution in [0.15, 0.2) is 18.2 Å². The lowest BCUT2D eigenvalue weighted by molar-refractivity contribution is 0.0977. The summed E-state index contributed by atoms with van der Waals surface area (Å²) in [7, 11) is 4.07. The number of nitrogens with zero attached hydrogens (tertiary/aromatic N) is 1. The van der Waals surface area contributed by atoms with Crippen molar-refractivity contribution in [3.05, 3.63) is 29.3 Å². The fourth-order valence-corrected chi connectivity index (χ4v) is 2.35. The predicted molar refractivity (Wildman–Crippen MR) is 75.4 cm³/mol. The molecule has 1 heterocycles. The molecule has 0 saturated heterocycles. The molecular weight excluding hydrogens is 224 g/mol. The van der Waals surface area contributed by atoms with Crippen molar-refractivity contribution in [3.8, 4) is 0 Å². The number of hydrogen-bond acceptors (Lipinski definition) is 3. The number of fused-ring (bicyclic) bond motifs is 1. The van der Waals surface area contributed by atoms with Crippen LogP contribution in [0.2, 0.25) is 0 Å². The second-order valence-electron chi connectivity index (χ2n) is 5.23. The molecule has 0 radical (unpaired) electrons. The highest BCUT2D eigenvalue weighted by Gasteiger charge is 2.12. The largest absolute Gasteiger partial charge is 0.385 e. The summed E-state index contributed by atoms with van der Waals surface area (Å²) < 4.78 is 0. The van der Waals surface area contributed by atoms with Crippen LogP contribution in [0.4, 0.5) is 5.69 Å². The Labute approximate surface area is 109 Å². The number of rotatable bonds is 5. The Hall–Kier alpha value is -1.35. The molecule has 2 rings (SSSR count). The number of ketones is 1. The third-order valence-corrected chi connectivity index (χ3v) is 3.37. The molecule has 0 aliphatic carbocycles. The van der Waals surface area contributed by atoms with E-state index in [0.717, 1.165) is 37.9 Å². The van der Waals surface area contributed by atoms with Crippen molar-refractivity contribution in [1.29, 1.82) is 0 Å². The van der Waals surface area contributed by atoms with Gasteiger partial charge < -0.3 is 10.2 Å². The molecule has 0 unspecified atom stereocenters. The number of Topliss-reactive ketones (excluding diaryl/α,β-unsaturated/α-hetero) is 1. The maximum atomic E-state index is 12.1. The van der Waals surface area contributed by atoms with Crippen molar-refractivity contribution in [1.82, 2.24) is 4.90 Å². The van der Waals surface area contributed by atoms with E-state index >= 15 is 0 Å². The Morgan fingerprint density at radius 2 is 2.22 bits per heavy atom. The van der Waals surface area contributed by atoms with Crippen LogP contribution < -0.4 is 5.32 Å². The maximum Gasteiger partial charge on any atom is 0.162 e. The minimum Gasteiger partial charge on any atom is -0.385 e. The predicted octanol–water partition coefficient (Wildman–Crippen LogP) is 2.57. The molecule has 0 atom stereocenters. The van der Waals surface area contributed by atoms with Gasteiger partial charge in [0.05, 0.1) is 0 Å². The first-order chi connectivity index (χ1) is 8.66. The quantitative estimate of drug-likeness (QED) is 0.810. The number of nitrogens with one attached hydrogen (secondary N) is 1. The van der Waals surface area contributed by atoms with Gasteiger partial charge in [0.15, 0.2) is 5.78 Å². The molecule has 3 nitrogen and oxygen atoms in total. The monoisotopic (exact) mass is 246 g/mol. The number of anilines is 1. The van der Waals surface area contributed by atoms with E-state index in [1.54, 1.807) is 0 Å². The van der Waals surface area contributed by atoms with Crippen LogP contribution in [0.3, 0.4) is 0 Å². The first-order valence-electron chi connectivity index (χ1n) is 6.71. The van der Waals surface area contributed by atoms with Crippen LogP contribution in [0.1, 0.15) is 35.2 Å². The van der Waals surface area contributed by atoms with E-state index in [2.05, 4.69) is 16.3 Å². The van der Waals surface area contributed by atoms with E-state index in [9.17, 15) is 4.79 Å². The van der Waals surface area contributed by atoms with Crippen molar-refractivity contribution in [3.63, 3.8) is 0 Å². The van der Waals surface area contributed by atoms with Crippen LogP contribution in [0.25, 0.3) is 0 Å². The van der Waals surface area contributed by atoms with Gasteiger partial charge in [-0.1, -0.05) is 0 Å². The van der Waals surface area contributed by atoms with Crippen LogP contribution in [-0.4, -0.2) is 37.9 Å². The van der Waals surface area contributed by atoms with Gasteiger partial charge in [0, 0.05) is 24.2 Å². The molecule has 0 amide bonds. The summed E-state index contributed by atoms with van der Waals surface area (Å²) in [5.74, 6) is 0.269. The molecule has 98 valence electrons. The summed E-state index contributed by atoms with van der Waals surface area (Å²) in [5, 5.41) is 3.37. The van der Waals surface area contributed by atoms with Gasteiger partial charge in [-0.2, -0.15) is 0 Å². The highest BCUT2D eigenvalue weighted by molar-refractivity contribution is 5.96. The van der Waals surface area contributed by atoms with Gasteiger partial charge in [-0.25, -0.2) is 0 Å².